The Kier molecular flexibility index (Phi) is 6.37. The number of carbonyl (C=O) groups excluding carboxylic acids is 1. The van der Waals surface area contributed by atoms with Crippen LogP contribution in [-0.4, -0.2) is 53.7 Å². The van der Waals surface area contributed by atoms with Gasteiger partial charge in [-0.15, -0.1) is 0 Å². The standard InChI is InChI=1S/C25H29FN4O3/c1-16(2)15-30-20-10-5-4-7-17(20)23(31)21(25(30)33)24(32)27-19-9-6-8-18(26)22(19)29-13-11-28(3)12-14-29/h4-10,16,31H,11-15H2,1-3H3,(H,27,32). The highest BCUT2D eigenvalue weighted by atomic mass is 19.1. The zero-order valence-electron chi connectivity index (χ0n) is 19.1. The minimum absolute atomic E-state index is 0.151. The maximum absolute atomic E-state index is 14.8. The van der Waals surface area contributed by atoms with Crippen molar-refractivity contribution in [1.82, 2.24) is 9.47 Å². The van der Waals surface area contributed by atoms with Gasteiger partial charge in [-0.1, -0.05) is 32.0 Å². The highest BCUT2D eigenvalue weighted by molar-refractivity contribution is 6.10. The Labute approximate surface area is 192 Å². The second kappa shape index (κ2) is 9.23. The van der Waals surface area contributed by atoms with E-state index < -0.39 is 17.3 Å². The molecule has 1 saturated heterocycles. The number of hydrogen-bond donors (Lipinski definition) is 2. The van der Waals surface area contributed by atoms with Crippen molar-refractivity contribution in [3.63, 3.8) is 0 Å². The fourth-order valence-corrected chi connectivity index (χ4v) is 4.29. The molecule has 33 heavy (non-hydrogen) atoms. The number of nitrogens with zero attached hydrogens (tertiary/aromatic N) is 3. The summed E-state index contributed by atoms with van der Waals surface area (Å²) in [5, 5.41) is 14.0. The molecule has 0 spiro atoms. The highest BCUT2D eigenvalue weighted by Crippen LogP contribution is 2.32. The molecule has 7 nitrogen and oxygen atoms in total. The number of piperazine rings is 1. The molecular weight excluding hydrogens is 423 g/mol. The van der Waals surface area contributed by atoms with Crippen LogP contribution in [0.25, 0.3) is 10.9 Å². The van der Waals surface area contributed by atoms with Crippen molar-refractivity contribution >= 4 is 28.2 Å². The molecule has 3 aromatic rings. The summed E-state index contributed by atoms with van der Waals surface area (Å²) in [4.78, 5) is 30.7. The molecule has 0 bridgehead atoms. The lowest BCUT2D eigenvalue weighted by Gasteiger charge is -2.35. The van der Waals surface area contributed by atoms with Crippen LogP contribution >= 0.6 is 0 Å². The zero-order valence-corrected chi connectivity index (χ0v) is 19.1. The smallest absolute Gasteiger partial charge is 0.267 e. The number of aromatic nitrogens is 1. The maximum atomic E-state index is 14.8. The number of aromatic hydroxyl groups is 1. The summed E-state index contributed by atoms with van der Waals surface area (Å²) in [5.41, 5.74) is 0.209. The van der Waals surface area contributed by atoms with Crippen molar-refractivity contribution in [1.29, 1.82) is 0 Å². The number of fused-ring (bicyclic) bond motifs is 1. The van der Waals surface area contributed by atoms with Crippen molar-refractivity contribution in [2.45, 2.75) is 20.4 Å². The third-order valence-electron chi connectivity index (χ3n) is 5.98. The minimum Gasteiger partial charge on any atom is -0.506 e. The topological polar surface area (TPSA) is 77.8 Å². The Bertz CT molecular complexity index is 1250. The van der Waals surface area contributed by atoms with E-state index in [0.717, 1.165) is 13.1 Å². The number of likely N-dealkylation sites (N-methyl/N-ethyl adjacent to an activating group) is 1. The van der Waals surface area contributed by atoms with E-state index >= 15 is 0 Å². The third-order valence-corrected chi connectivity index (χ3v) is 5.98. The van der Waals surface area contributed by atoms with E-state index in [9.17, 15) is 19.1 Å². The monoisotopic (exact) mass is 452 g/mol. The fourth-order valence-electron chi connectivity index (χ4n) is 4.29. The quantitative estimate of drug-likeness (QED) is 0.620. The number of carbonyl (C=O) groups is 1. The van der Waals surface area contributed by atoms with Crippen LogP contribution in [0.5, 0.6) is 5.75 Å². The molecule has 0 radical (unpaired) electrons. The van der Waals surface area contributed by atoms with Gasteiger partial charge in [0.1, 0.15) is 17.1 Å². The number of benzene rings is 2. The van der Waals surface area contributed by atoms with Crippen molar-refractivity contribution in [2.24, 2.45) is 5.92 Å². The highest BCUT2D eigenvalue weighted by Gasteiger charge is 2.26. The Morgan fingerprint density at radius 1 is 1.09 bits per heavy atom. The zero-order chi connectivity index (χ0) is 23.7. The summed E-state index contributed by atoms with van der Waals surface area (Å²) in [7, 11) is 2.01. The average molecular weight is 453 g/mol. The molecule has 2 heterocycles. The molecule has 1 amide bonds. The molecule has 0 saturated carbocycles. The average Bonchev–Trinajstić information content (AvgIpc) is 2.78. The van der Waals surface area contributed by atoms with Crippen LogP contribution in [0.15, 0.2) is 47.3 Å². The van der Waals surface area contributed by atoms with Crippen LogP contribution in [-0.2, 0) is 6.54 Å². The lowest BCUT2D eigenvalue weighted by atomic mass is 10.1. The van der Waals surface area contributed by atoms with Gasteiger partial charge in [-0.2, -0.15) is 0 Å². The number of nitrogens with one attached hydrogen (secondary N) is 1. The second-order valence-electron chi connectivity index (χ2n) is 8.93. The fraction of sp³-hybridized carbons (Fsp3) is 0.360. The number of rotatable bonds is 5. The predicted octanol–water partition coefficient (Wildman–Crippen LogP) is 3.51. The normalized spacial score (nSPS) is 14.8. The first-order valence-electron chi connectivity index (χ1n) is 11.2. The number of hydrogen-bond acceptors (Lipinski definition) is 5. The van der Waals surface area contributed by atoms with E-state index in [2.05, 4.69) is 10.2 Å². The summed E-state index contributed by atoms with van der Waals surface area (Å²) in [6.07, 6.45) is 0. The van der Waals surface area contributed by atoms with E-state index in [-0.39, 0.29) is 22.9 Å². The minimum atomic E-state index is -0.762. The van der Waals surface area contributed by atoms with Gasteiger partial charge in [0.2, 0.25) is 0 Å². The molecule has 1 aliphatic rings. The van der Waals surface area contributed by atoms with Crippen LogP contribution in [0, 0.1) is 11.7 Å². The Morgan fingerprint density at radius 3 is 2.48 bits per heavy atom. The van der Waals surface area contributed by atoms with Gasteiger partial charge in [-0.3, -0.25) is 9.59 Å². The third kappa shape index (κ3) is 4.43. The molecule has 0 unspecified atom stereocenters. The summed E-state index contributed by atoms with van der Waals surface area (Å²) in [6.45, 7) is 7.11. The summed E-state index contributed by atoms with van der Waals surface area (Å²) >= 11 is 0. The molecule has 2 aromatic carbocycles. The van der Waals surface area contributed by atoms with E-state index in [1.165, 1.54) is 16.7 Å². The number of anilines is 2. The Hall–Kier alpha value is -3.39. The summed E-state index contributed by atoms with van der Waals surface area (Å²) in [5.74, 6) is -1.43. The lowest BCUT2D eigenvalue weighted by molar-refractivity contribution is 0.102. The lowest BCUT2D eigenvalue weighted by Crippen LogP contribution is -2.45. The molecule has 174 valence electrons. The second-order valence-corrected chi connectivity index (χ2v) is 8.93. The van der Waals surface area contributed by atoms with Crippen LogP contribution < -0.4 is 15.8 Å². The summed E-state index contributed by atoms with van der Waals surface area (Å²) < 4.78 is 16.4. The first-order valence-corrected chi connectivity index (χ1v) is 11.2. The summed E-state index contributed by atoms with van der Waals surface area (Å²) in [6, 6.07) is 11.4. The molecule has 0 aliphatic carbocycles. The van der Waals surface area contributed by atoms with Crippen LogP contribution in [0.1, 0.15) is 24.2 Å². The van der Waals surface area contributed by atoms with Gasteiger partial charge >= 0.3 is 0 Å². The van der Waals surface area contributed by atoms with Gasteiger partial charge in [0, 0.05) is 38.1 Å². The van der Waals surface area contributed by atoms with Crippen molar-refractivity contribution < 1.29 is 14.3 Å². The van der Waals surface area contributed by atoms with Gasteiger partial charge in [0.15, 0.2) is 0 Å². The van der Waals surface area contributed by atoms with Crippen LogP contribution in [0.4, 0.5) is 15.8 Å². The van der Waals surface area contributed by atoms with E-state index in [0.29, 0.717) is 36.2 Å². The first kappa shape index (κ1) is 22.8. The van der Waals surface area contributed by atoms with Crippen LogP contribution in [0.2, 0.25) is 0 Å². The van der Waals surface area contributed by atoms with Gasteiger partial charge in [0.05, 0.1) is 16.9 Å². The van der Waals surface area contributed by atoms with E-state index in [4.69, 9.17) is 0 Å². The number of amides is 1. The number of halogens is 1. The van der Waals surface area contributed by atoms with Crippen molar-refractivity contribution in [3.8, 4) is 5.75 Å². The predicted molar refractivity (Wildman–Crippen MR) is 129 cm³/mol. The van der Waals surface area contributed by atoms with Gasteiger partial charge in [-0.05, 0) is 37.2 Å². The molecule has 0 atom stereocenters. The van der Waals surface area contributed by atoms with Gasteiger partial charge < -0.3 is 24.8 Å². The Morgan fingerprint density at radius 2 is 1.79 bits per heavy atom. The molecular formula is C25H29FN4O3. The molecule has 4 rings (SSSR count). The van der Waals surface area contributed by atoms with Gasteiger partial charge in [-0.25, -0.2) is 4.39 Å². The molecule has 1 aromatic heterocycles. The number of para-hydroxylation sites is 2. The molecule has 2 N–H and O–H groups in total. The molecule has 1 aliphatic heterocycles. The SMILES string of the molecule is CC(C)Cn1c(=O)c(C(=O)Nc2cccc(F)c2N2CCN(C)CC2)c(O)c2ccccc21. The van der Waals surface area contributed by atoms with Crippen LogP contribution in [0.3, 0.4) is 0 Å². The molecule has 1 fully saturated rings. The van der Waals surface area contributed by atoms with Crippen molar-refractivity contribution in [3.05, 3.63) is 64.2 Å². The largest absolute Gasteiger partial charge is 0.506 e. The van der Waals surface area contributed by atoms with Gasteiger partial charge in [0.25, 0.3) is 11.5 Å². The van der Waals surface area contributed by atoms with E-state index in [1.807, 2.05) is 25.8 Å². The van der Waals surface area contributed by atoms with E-state index in [1.54, 1.807) is 30.3 Å². The van der Waals surface area contributed by atoms with Crippen molar-refractivity contribution in [2.75, 3.05) is 43.4 Å². The molecule has 8 heteroatoms. The Balaban J connectivity index is 1.77. The first-order chi connectivity index (χ1) is 15.8. The number of pyridine rings is 1. The maximum Gasteiger partial charge on any atom is 0.267 e.